The Bertz CT molecular complexity index is 726. The number of amidine groups is 1. The molecule has 0 aliphatic heterocycles. The fourth-order valence-electron chi connectivity index (χ4n) is 2.17. The van der Waals surface area contributed by atoms with Crippen LogP contribution >= 0.6 is 0 Å². The molecule has 2 rings (SSSR count). The highest BCUT2D eigenvalue weighted by atomic mass is 15.0. The molecule has 0 unspecified atom stereocenters. The van der Waals surface area contributed by atoms with E-state index in [9.17, 15) is 0 Å². The topological polar surface area (TPSA) is 49.1 Å². The number of hydrogen-bond acceptors (Lipinski definition) is 3. The molecule has 0 fully saturated rings. The van der Waals surface area contributed by atoms with Gasteiger partial charge in [-0.05, 0) is 29.8 Å². The molecule has 4 heteroatoms. The summed E-state index contributed by atoms with van der Waals surface area (Å²) in [5, 5.41) is 5.73. The van der Waals surface area contributed by atoms with Gasteiger partial charge in [0.05, 0.1) is 5.71 Å². The predicted molar refractivity (Wildman–Crippen MR) is 93.3 cm³/mol. The van der Waals surface area contributed by atoms with Crippen molar-refractivity contribution in [2.75, 3.05) is 26.5 Å². The summed E-state index contributed by atoms with van der Waals surface area (Å²) >= 11 is 0. The molecule has 21 heavy (non-hydrogen) atoms. The van der Waals surface area contributed by atoms with Crippen molar-refractivity contribution in [3.63, 3.8) is 0 Å². The normalized spacial score (nSPS) is 13.6. The largest absolute Gasteiger partial charge is 0.339 e. The lowest BCUT2D eigenvalue weighted by atomic mass is 10.1. The van der Waals surface area contributed by atoms with Gasteiger partial charge in [0.15, 0.2) is 5.84 Å². The molecule has 4 nitrogen and oxygen atoms in total. The van der Waals surface area contributed by atoms with E-state index in [2.05, 4.69) is 44.6 Å². The Balaban J connectivity index is 2.33. The number of rotatable bonds is 3. The van der Waals surface area contributed by atoms with E-state index in [0.29, 0.717) is 0 Å². The van der Waals surface area contributed by atoms with Crippen molar-refractivity contribution in [2.24, 2.45) is 15.0 Å². The van der Waals surface area contributed by atoms with Crippen LogP contribution in [-0.2, 0) is 0 Å². The van der Waals surface area contributed by atoms with Crippen molar-refractivity contribution >= 4 is 33.7 Å². The van der Waals surface area contributed by atoms with Gasteiger partial charge in [0, 0.05) is 26.8 Å². The Morgan fingerprint density at radius 2 is 1.57 bits per heavy atom. The third kappa shape index (κ3) is 3.34. The molecule has 0 aliphatic carbocycles. The third-order valence-corrected chi connectivity index (χ3v) is 3.36. The van der Waals surface area contributed by atoms with E-state index < -0.39 is 0 Å². The van der Waals surface area contributed by atoms with E-state index in [0.717, 1.165) is 22.9 Å². The number of anilines is 1. The monoisotopic (exact) mass is 280 g/mol. The molecule has 2 aromatic carbocycles. The lowest BCUT2D eigenvalue weighted by molar-refractivity contribution is 1.39. The SMILES string of the molecule is CN=C(C)C(=NC)C(=NC)Nc1ccc2ccccc2c1. The number of aliphatic imine (C=N–C) groups is 3. The van der Waals surface area contributed by atoms with Gasteiger partial charge in [-0.2, -0.15) is 0 Å². The van der Waals surface area contributed by atoms with Gasteiger partial charge >= 0.3 is 0 Å². The Kier molecular flexibility index (Phi) is 4.82. The molecule has 0 bridgehead atoms. The van der Waals surface area contributed by atoms with Crippen LogP contribution in [0.15, 0.2) is 57.4 Å². The Hall–Kier alpha value is -2.49. The minimum absolute atomic E-state index is 0.718. The van der Waals surface area contributed by atoms with Crippen LogP contribution in [0.5, 0.6) is 0 Å². The van der Waals surface area contributed by atoms with Crippen LogP contribution in [-0.4, -0.2) is 38.4 Å². The van der Waals surface area contributed by atoms with Crippen LogP contribution in [0, 0.1) is 0 Å². The zero-order valence-corrected chi connectivity index (χ0v) is 12.9. The third-order valence-electron chi connectivity index (χ3n) is 3.36. The van der Waals surface area contributed by atoms with Gasteiger partial charge in [0.2, 0.25) is 0 Å². The van der Waals surface area contributed by atoms with Gasteiger partial charge in [-0.1, -0.05) is 30.3 Å². The minimum Gasteiger partial charge on any atom is -0.339 e. The molecule has 2 aromatic rings. The summed E-state index contributed by atoms with van der Waals surface area (Å²) in [5.74, 6) is 0.718. The van der Waals surface area contributed by atoms with Gasteiger partial charge in [0.25, 0.3) is 0 Å². The molecule has 0 saturated carbocycles. The minimum atomic E-state index is 0.718. The van der Waals surface area contributed by atoms with E-state index in [1.165, 1.54) is 10.8 Å². The predicted octanol–water partition coefficient (Wildman–Crippen LogP) is 3.44. The zero-order chi connectivity index (χ0) is 15.2. The van der Waals surface area contributed by atoms with Gasteiger partial charge in [-0.3, -0.25) is 15.0 Å². The Labute approximate surface area is 125 Å². The molecule has 0 aliphatic rings. The van der Waals surface area contributed by atoms with Crippen LogP contribution in [0.1, 0.15) is 6.92 Å². The number of hydrogen-bond donors (Lipinski definition) is 1. The molecule has 0 radical (unpaired) electrons. The average Bonchev–Trinajstić information content (AvgIpc) is 2.54. The highest BCUT2D eigenvalue weighted by Crippen LogP contribution is 2.19. The van der Waals surface area contributed by atoms with Gasteiger partial charge in [0.1, 0.15) is 5.71 Å². The second-order valence-corrected chi connectivity index (χ2v) is 4.64. The van der Waals surface area contributed by atoms with Gasteiger partial charge in [-0.15, -0.1) is 0 Å². The van der Waals surface area contributed by atoms with E-state index in [1.807, 2.05) is 25.1 Å². The van der Waals surface area contributed by atoms with Crippen molar-refractivity contribution in [1.29, 1.82) is 0 Å². The molecule has 1 N–H and O–H groups in total. The van der Waals surface area contributed by atoms with Crippen LogP contribution in [0.25, 0.3) is 10.8 Å². The summed E-state index contributed by atoms with van der Waals surface area (Å²) in [7, 11) is 5.25. The van der Waals surface area contributed by atoms with Crippen molar-refractivity contribution in [3.8, 4) is 0 Å². The van der Waals surface area contributed by atoms with Crippen molar-refractivity contribution in [2.45, 2.75) is 6.92 Å². The van der Waals surface area contributed by atoms with E-state index in [-0.39, 0.29) is 0 Å². The van der Waals surface area contributed by atoms with Crippen molar-refractivity contribution in [3.05, 3.63) is 42.5 Å². The Morgan fingerprint density at radius 3 is 2.19 bits per heavy atom. The molecule has 0 atom stereocenters. The average molecular weight is 280 g/mol. The van der Waals surface area contributed by atoms with Crippen LogP contribution in [0.2, 0.25) is 0 Å². The molecule has 0 aromatic heterocycles. The lowest BCUT2D eigenvalue weighted by Crippen LogP contribution is -2.29. The summed E-state index contributed by atoms with van der Waals surface area (Å²) in [4.78, 5) is 12.8. The molecular formula is C17H20N4. The summed E-state index contributed by atoms with van der Waals surface area (Å²) in [5.41, 5.74) is 2.61. The number of nitrogens with zero attached hydrogens (tertiary/aromatic N) is 3. The first-order chi connectivity index (χ1) is 10.2. The quantitative estimate of drug-likeness (QED) is 0.679. The molecule has 108 valence electrons. The smallest absolute Gasteiger partial charge is 0.152 e. The fourth-order valence-corrected chi connectivity index (χ4v) is 2.17. The number of fused-ring (bicyclic) bond motifs is 1. The summed E-state index contributed by atoms with van der Waals surface area (Å²) in [6.07, 6.45) is 0. The molecule has 0 saturated heterocycles. The summed E-state index contributed by atoms with van der Waals surface area (Å²) in [6.45, 7) is 1.93. The maximum absolute atomic E-state index is 4.30. The van der Waals surface area contributed by atoms with E-state index in [1.54, 1.807) is 21.1 Å². The fraction of sp³-hybridized carbons (Fsp3) is 0.235. The highest BCUT2D eigenvalue weighted by Gasteiger charge is 2.11. The second kappa shape index (κ2) is 6.79. The van der Waals surface area contributed by atoms with E-state index >= 15 is 0 Å². The van der Waals surface area contributed by atoms with Crippen LogP contribution in [0.4, 0.5) is 5.69 Å². The molecular weight excluding hydrogens is 260 g/mol. The Morgan fingerprint density at radius 1 is 0.857 bits per heavy atom. The highest BCUT2D eigenvalue weighted by molar-refractivity contribution is 6.69. The summed E-state index contributed by atoms with van der Waals surface area (Å²) in [6, 6.07) is 14.5. The first kappa shape index (κ1) is 14.9. The van der Waals surface area contributed by atoms with Crippen LogP contribution < -0.4 is 5.32 Å². The summed E-state index contributed by atoms with van der Waals surface area (Å²) < 4.78 is 0. The maximum Gasteiger partial charge on any atom is 0.152 e. The maximum atomic E-state index is 4.30. The zero-order valence-electron chi connectivity index (χ0n) is 12.9. The van der Waals surface area contributed by atoms with E-state index in [4.69, 9.17) is 0 Å². The van der Waals surface area contributed by atoms with Gasteiger partial charge < -0.3 is 5.32 Å². The molecule has 0 spiro atoms. The first-order valence-corrected chi connectivity index (χ1v) is 6.83. The second-order valence-electron chi connectivity index (χ2n) is 4.64. The van der Waals surface area contributed by atoms with Gasteiger partial charge in [-0.25, -0.2) is 0 Å². The lowest BCUT2D eigenvalue weighted by Gasteiger charge is -2.12. The first-order valence-electron chi connectivity index (χ1n) is 6.83. The standard InChI is InChI=1S/C17H20N4/c1-12(18-2)16(19-3)17(20-4)21-15-10-9-13-7-5-6-8-14(13)11-15/h5-11H,1-4H3,(H,20,21). The number of nitrogens with one attached hydrogen (secondary N) is 1. The number of benzene rings is 2. The van der Waals surface area contributed by atoms with Crippen LogP contribution in [0.3, 0.4) is 0 Å². The van der Waals surface area contributed by atoms with Crippen molar-refractivity contribution in [1.82, 2.24) is 0 Å². The molecule has 0 amide bonds. The van der Waals surface area contributed by atoms with Crippen molar-refractivity contribution < 1.29 is 0 Å². The molecule has 0 heterocycles.